The number of para-hydroxylation sites is 1. The fourth-order valence-electron chi connectivity index (χ4n) is 1.95. The maximum absolute atomic E-state index is 9.27. The largest absolute Gasteiger partial charge is 0.489 e. The normalized spacial score (nSPS) is 11.6. The van der Waals surface area contributed by atoms with Crippen molar-refractivity contribution in [2.75, 3.05) is 6.54 Å². The van der Waals surface area contributed by atoms with Crippen LogP contribution in [0.5, 0.6) is 5.75 Å². The van der Waals surface area contributed by atoms with Crippen LogP contribution in [0.3, 0.4) is 0 Å². The summed E-state index contributed by atoms with van der Waals surface area (Å²) in [5.41, 5.74) is 2.15. The second kappa shape index (κ2) is 9.70. The van der Waals surface area contributed by atoms with Gasteiger partial charge in [-0.05, 0) is 30.7 Å². The Morgan fingerprint density at radius 3 is 2.50 bits per heavy atom. The van der Waals surface area contributed by atoms with Crippen LogP contribution in [0, 0.1) is 0 Å². The van der Waals surface area contributed by atoms with Gasteiger partial charge in [0, 0.05) is 23.7 Å². The minimum atomic E-state index is -0.354. The summed E-state index contributed by atoms with van der Waals surface area (Å²) in [5.74, 6) is 0.852. The minimum absolute atomic E-state index is 0. The van der Waals surface area contributed by atoms with Crippen LogP contribution >= 0.6 is 24.0 Å². The molecule has 0 aromatic heterocycles. The molecule has 5 heteroatoms. The molecule has 0 saturated heterocycles. The Hall–Kier alpha value is -1.26. The molecule has 0 radical (unpaired) electrons. The second-order valence-corrected chi connectivity index (χ2v) is 5.44. The topological polar surface area (TPSA) is 41.5 Å². The lowest BCUT2D eigenvalue weighted by molar-refractivity contribution is 0.190. The van der Waals surface area contributed by atoms with Gasteiger partial charge in [-0.1, -0.05) is 41.9 Å². The predicted octanol–water partition coefficient (Wildman–Crippen LogP) is 3.81. The van der Waals surface area contributed by atoms with Crippen molar-refractivity contribution in [2.24, 2.45) is 0 Å². The lowest BCUT2D eigenvalue weighted by atomic mass is 10.2. The lowest BCUT2D eigenvalue weighted by Crippen LogP contribution is -2.24. The van der Waals surface area contributed by atoms with E-state index in [9.17, 15) is 5.11 Å². The first kappa shape index (κ1) is 18.8. The van der Waals surface area contributed by atoms with Crippen molar-refractivity contribution in [3.05, 3.63) is 64.7 Å². The highest BCUT2D eigenvalue weighted by Crippen LogP contribution is 2.19. The van der Waals surface area contributed by atoms with Crippen LogP contribution in [0.4, 0.5) is 0 Å². The van der Waals surface area contributed by atoms with Crippen LogP contribution in [0.2, 0.25) is 5.02 Å². The van der Waals surface area contributed by atoms with Crippen LogP contribution < -0.4 is 10.1 Å². The molecule has 0 amide bonds. The van der Waals surface area contributed by atoms with Crippen LogP contribution in [-0.2, 0) is 13.2 Å². The summed E-state index contributed by atoms with van der Waals surface area (Å²) < 4.78 is 5.88. The third-order valence-corrected chi connectivity index (χ3v) is 3.29. The van der Waals surface area contributed by atoms with Crippen molar-refractivity contribution in [1.29, 1.82) is 0 Å². The van der Waals surface area contributed by atoms with E-state index in [1.54, 1.807) is 6.92 Å². The fraction of sp³-hybridized carbons (Fsp3) is 0.294. The fourth-order valence-corrected chi connectivity index (χ4v) is 2.07. The van der Waals surface area contributed by atoms with Crippen LogP contribution in [0.25, 0.3) is 0 Å². The first-order valence-electron chi connectivity index (χ1n) is 6.99. The standard InChI is InChI=1S/C17H20ClNO2.ClH/c1-13(20)10-19-11-15-4-2-3-5-17(15)21-12-14-6-8-16(18)9-7-14;/h2-9,13,19-20H,10-12H2,1H3;1H. The van der Waals surface area contributed by atoms with Crippen LogP contribution in [0.1, 0.15) is 18.1 Å². The number of aliphatic hydroxyl groups is 1. The molecule has 0 saturated carbocycles. The molecule has 22 heavy (non-hydrogen) atoms. The number of hydrogen-bond acceptors (Lipinski definition) is 3. The number of nitrogens with one attached hydrogen (secondary N) is 1. The Kier molecular flexibility index (Phi) is 8.28. The average molecular weight is 342 g/mol. The van der Waals surface area contributed by atoms with Gasteiger partial charge < -0.3 is 15.2 Å². The lowest BCUT2D eigenvalue weighted by Gasteiger charge is -2.13. The number of halogens is 2. The van der Waals surface area contributed by atoms with E-state index in [2.05, 4.69) is 5.32 Å². The summed E-state index contributed by atoms with van der Waals surface area (Å²) in [7, 11) is 0. The summed E-state index contributed by atoms with van der Waals surface area (Å²) in [5, 5.41) is 13.2. The molecule has 2 N–H and O–H groups in total. The van der Waals surface area contributed by atoms with E-state index in [1.165, 1.54) is 0 Å². The van der Waals surface area contributed by atoms with Crippen molar-refractivity contribution < 1.29 is 9.84 Å². The highest BCUT2D eigenvalue weighted by molar-refractivity contribution is 6.30. The maximum atomic E-state index is 9.27. The third kappa shape index (κ3) is 6.24. The van der Waals surface area contributed by atoms with Crippen molar-refractivity contribution in [2.45, 2.75) is 26.2 Å². The average Bonchev–Trinajstić information content (AvgIpc) is 2.47. The van der Waals surface area contributed by atoms with Gasteiger partial charge in [0.05, 0.1) is 6.10 Å². The van der Waals surface area contributed by atoms with E-state index in [4.69, 9.17) is 16.3 Å². The zero-order chi connectivity index (χ0) is 15.1. The molecule has 0 aliphatic rings. The van der Waals surface area contributed by atoms with E-state index in [1.807, 2.05) is 48.5 Å². The number of ether oxygens (including phenoxy) is 1. The van der Waals surface area contributed by atoms with Crippen molar-refractivity contribution in [3.63, 3.8) is 0 Å². The molecule has 2 rings (SSSR count). The molecule has 3 nitrogen and oxygen atoms in total. The minimum Gasteiger partial charge on any atom is -0.489 e. The Bertz CT molecular complexity index is 559. The Labute approximate surface area is 142 Å². The molecule has 0 aliphatic heterocycles. The summed E-state index contributed by atoms with van der Waals surface area (Å²) in [6.45, 7) is 3.49. The van der Waals surface area contributed by atoms with Crippen molar-refractivity contribution >= 4 is 24.0 Å². The Morgan fingerprint density at radius 1 is 1.14 bits per heavy atom. The monoisotopic (exact) mass is 341 g/mol. The van der Waals surface area contributed by atoms with Gasteiger partial charge in [0.15, 0.2) is 0 Å². The number of aliphatic hydroxyl groups excluding tert-OH is 1. The summed E-state index contributed by atoms with van der Waals surface area (Å²) in [4.78, 5) is 0. The van der Waals surface area contributed by atoms with Gasteiger partial charge in [0.1, 0.15) is 12.4 Å². The van der Waals surface area contributed by atoms with E-state index < -0.39 is 0 Å². The molecule has 0 spiro atoms. The zero-order valence-corrected chi connectivity index (χ0v) is 14.0. The quantitative estimate of drug-likeness (QED) is 0.804. The Morgan fingerprint density at radius 2 is 1.82 bits per heavy atom. The van der Waals surface area contributed by atoms with Gasteiger partial charge in [-0.15, -0.1) is 12.4 Å². The number of rotatable bonds is 7. The molecule has 1 atom stereocenters. The zero-order valence-electron chi connectivity index (χ0n) is 12.5. The van der Waals surface area contributed by atoms with E-state index >= 15 is 0 Å². The van der Waals surface area contributed by atoms with E-state index in [0.29, 0.717) is 19.7 Å². The van der Waals surface area contributed by atoms with Crippen molar-refractivity contribution in [1.82, 2.24) is 5.32 Å². The van der Waals surface area contributed by atoms with E-state index in [-0.39, 0.29) is 18.5 Å². The maximum Gasteiger partial charge on any atom is 0.124 e. The van der Waals surface area contributed by atoms with Gasteiger partial charge in [-0.2, -0.15) is 0 Å². The number of hydrogen-bond donors (Lipinski definition) is 2. The number of benzene rings is 2. The Balaban J connectivity index is 0.00000242. The second-order valence-electron chi connectivity index (χ2n) is 5.00. The molecular weight excluding hydrogens is 321 g/mol. The molecule has 0 heterocycles. The predicted molar refractivity (Wildman–Crippen MR) is 92.9 cm³/mol. The van der Waals surface area contributed by atoms with Gasteiger partial charge in [-0.25, -0.2) is 0 Å². The SMILES string of the molecule is CC(O)CNCc1ccccc1OCc1ccc(Cl)cc1.Cl. The molecule has 0 bridgehead atoms. The molecule has 1 unspecified atom stereocenters. The molecule has 120 valence electrons. The van der Waals surface area contributed by atoms with Crippen LogP contribution in [0.15, 0.2) is 48.5 Å². The molecule has 0 fully saturated rings. The first-order chi connectivity index (χ1) is 10.1. The molecule has 2 aromatic carbocycles. The highest BCUT2D eigenvalue weighted by Gasteiger charge is 2.04. The summed E-state index contributed by atoms with van der Waals surface area (Å²) >= 11 is 5.87. The summed E-state index contributed by atoms with van der Waals surface area (Å²) in [6, 6.07) is 15.5. The third-order valence-electron chi connectivity index (χ3n) is 3.04. The van der Waals surface area contributed by atoms with Gasteiger partial charge in [0.2, 0.25) is 0 Å². The van der Waals surface area contributed by atoms with Crippen LogP contribution in [-0.4, -0.2) is 17.8 Å². The summed E-state index contributed by atoms with van der Waals surface area (Å²) in [6.07, 6.45) is -0.354. The van der Waals surface area contributed by atoms with Gasteiger partial charge in [-0.3, -0.25) is 0 Å². The molecule has 0 aliphatic carbocycles. The van der Waals surface area contributed by atoms with Gasteiger partial charge >= 0.3 is 0 Å². The highest BCUT2D eigenvalue weighted by atomic mass is 35.5. The molecular formula is C17H21Cl2NO2. The van der Waals surface area contributed by atoms with Crippen molar-refractivity contribution in [3.8, 4) is 5.75 Å². The van der Waals surface area contributed by atoms with E-state index in [0.717, 1.165) is 21.9 Å². The van der Waals surface area contributed by atoms with Gasteiger partial charge in [0.25, 0.3) is 0 Å². The molecule has 2 aromatic rings. The smallest absolute Gasteiger partial charge is 0.124 e. The first-order valence-corrected chi connectivity index (χ1v) is 7.37.